The van der Waals surface area contributed by atoms with Crippen LogP contribution in [0.25, 0.3) is 0 Å². The number of aryl methyl sites for hydroxylation is 1. The average Bonchev–Trinajstić information content (AvgIpc) is 2.80. The van der Waals surface area contributed by atoms with Crippen molar-refractivity contribution in [1.29, 1.82) is 0 Å². The van der Waals surface area contributed by atoms with Crippen molar-refractivity contribution >= 4 is 23.2 Å². The summed E-state index contributed by atoms with van der Waals surface area (Å²) in [6.07, 6.45) is 5.13. The van der Waals surface area contributed by atoms with E-state index in [1.807, 2.05) is 6.20 Å². The average molecular weight is 396 g/mol. The van der Waals surface area contributed by atoms with Gasteiger partial charge < -0.3 is 0 Å². The summed E-state index contributed by atoms with van der Waals surface area (Å²) in [5.41, 5.74) is 2.56. The molecule has 0 N–H and O–H groups in total. The first-order valence-electron chi connectivity index (χ1n) is 10.3. The lowest BCUT2D eigenvalue weighted by molar-refractivity contribution is 0.879. The van der Waals surface area contributed by atoms with Gasteiger partial charge in [0.05, 0.1) is 6.16 Å². The highest BCUT2D eigenvalue weighted by atomic mass is 31.2. The van der Waals surface area contributed by atoms with Gasteiger partial charge in [0.15, 0.2) is 0 Å². The number of pyridine rings is 1. The van der Waals surface area contributed by atoms with Gasteiger partial charge in [-0.3, -0.25) is 4.98 Å². The van der Waals surface area contributed by atoms with Crippen molar-refractivity contribution in [3.8, 4) is 0 Å². The van der Waals surface area contributed by atoms with Crippen LogP contribution in [-0.4, -0.2) is 4.98 Å². The maximum atomic E-state index is 4.59. The van der Waals surface area contributed by atoms with Crippen LogP contribution in [0, 0.1) is 0 Å². The number of benzene rings is 3. The quantitative estimate of drug-likeness (QED) is 0.374. The SMILES string of the molecule is CCCc1cc(C[P+](c2ccccc2)(c2ccccc2)c2ccccc2)ccn1. The van der Waals surface area contributed by atoms with E-state index in [-0.39, 0.29) is 0 Å². The molecule has 0 saturated heterocycles. The maximum Gasteiger partial charge on any atom is 0.116 e. The van der Waals surface area contributed by atoms with E-state index >= 15 is 0 Å². The van der Waals surface area contributed by atoms with Crippen molar-refractivity contribution in [2.24, 2.45) is 0 Å². The van der Waals surface area contributed by atoms with E-state index in [4.69, 9.17) is 0 Å². The third-order valence-corrected chi connectivity index (χ3v) is 9.78. The second-order valence-corrected chi connectivity index (χ2v) is 10.9. The molecule has 0 aliphatic heterocycles. The van der Waals surface area contributed by atoms with Gasteiger partial charge in [-0.05, 0) is 60.5 Å². The van der Waals surface area contributed by atoms with Crippen molar-refractivity contribution in [2.45, 2.75) is 25.9 Å². The van der Waals surface area contributed by atoms with E-state index in [1.54, 1.807) is 0 Å². The maximum absolute atomic E-state index is 4.59. The molecule has 0 bridgehead atoms. The van der Waals surface area contributed by atoms with Crippen LogP contribution in [0.15, 0.2) is 109 Å². The minimum atomic E-state index is -1.84. The van der Waals surface area contributed by atoms with Gasteiger partial charge in [-0.25, -0.2) is 0 Å². The Bertz CT molecular complexity index is 933. The first kappa shape index (κ1) is 19.6. The minimum absolute atomic E-state index is 1.00. The van der Waals surface area contributed by atoms with Crippen LogP contribution in [-0.2, 0) is 12.6 Å². The second kappa shape index (κ2) is 9.16. The van der Waals surface area contributed by atoms with E-state index in [0.717, 1.165) is 19.0 Å². The molecule has 4 aromatic rings. The zero-order valence-corrected chi connectivity index (χ0v) is 17.8. The standard InChI is InChI=1S/C27H27NP/c1-2-12-24-21-23(19-20-28-24)22-29(25-13-6-3-7-14-25,26-15-8-4-9-16-26)27-17-10-5-11-18-27/h3-11,13-21H,2,12,22H2,1H3/q+1. The van der Waals surface area contributed by atoms with Crippen LogP contribution in [0.3, 0.4) is 0 Å². The number of hydrogen-bond donors (Lipinski definition) is 0. The van der Waals surface area contributed by atoms with E-state index in [1.165, 1.54) is 27.2 Å². The predicted octanol–water partition coefficient (Wildman–Crippen LogP) is 5.53. The van der Waals surface area contributed by atoms with Gasteiger partial charge in [0.1, 0.15) is 23.2 Å². The fourth-order valence-corrected chi connectivity index (χ4v) is 8.29. The second-order valence-electron chi connectivity index (χ2n) is 7.38. The fraction of sp³-hybridized carbons (Fsp3) is 0.148. The molecule has 4 rings (SSSR count). The van der Waals surface area contributed by atoms with E-state index in [9.17, 15) is 0 Å². The van der Waals surface area contributed by atoms with Crippen LogP contribution in [0.4, 0.5) is 0 Å². The summed E-state index contributed by atoms with van der Waals surface area (Å²) in [6.45, 7) is 2.21. The fourth-order valence-electron chi connectivity index (χ4n) is 4.06. The highest BCUT2D eigenvalue weighted by Crippen LogP contribution is 2.58. The summed E-state index contributed by atoms with van der Waals surface area (Å²) in [5, 5.41) is 4.27. The number of rotatable bonds is 7. The van der Waals surface area contributed by atoms with Gasteiger partial charge in [-0.2, -0.15) is 0 Å². The van der Waals surface area contributed by atoms with Crippen LogP contribution in [0.2, 0.25) is 0 Å². The Labute approximate surface area is 174 Å². The van der Waals surface area contributed by atoms with Gasteiger partial charge >= 0.3 is 0 Å². The molecule has 0 aliphatic carbocycles. The molecule has 0 fully saturated rings. The smallest absolute Gasteiger partial charge is 0.116 e. The van der Waals surface area contributed by atoms with Crippen molar-refractivity contribution in [3.05, 3.63) is 121 Å². The molecule has 0 saturated carbocycles. The Morgan fingerprint density at radius 1 is 0.655 bits per heavy atom. The molecular formula is C27H27NP+. The van der Waals surface area contributed by atoms with Crippen LogP contribution in [0.5, 0.6) is 0 Å². The summed E-state index contributed by atoms with van der Waals surface area (Å²) in [6, 6.07) is 37.7. The molecule has 0 unspecified atom stereocenters. The molecule has 0 amide bonds. The molecule has 0 spiro atoms. The van der Waals surface area contributed by atoms with E-state index in [0.29, 0.717) is 0 Å². The number of aromatic nitrogens is 1. The lowest BCUT2D eigenvalue weighted by atomic mass is 10.2. The largest absolute Gasteiger partial charge is 0.261 e. The molecule has 1 heterocycles. The first-order valence-corrected chi connectivity index (χ1v) is 12.3. The van der Waals surface area contributed by atoms with Crippen molar-refractivity contribution < 1.29 is 0 Å². The summed E-state index contributed by atoms with van der Waals surface area (Å²) in [4.78, 5) is 4.59. The summed E-state index contributed by atoms with van der Waals surface area (Å²) in [7, 11) is -1.84. The number of nitrogens with zero attached hydrogens (tertiary/aromatic N) is 1. The zero-order valence-electron chi connectivity index (χ0n) is 16.9. The molecule has 0 aliphatic rings. The van der Waals surface area contributed by atoms with Crippen LogP contribution in [0.1, 0.15) is 24.6 Å². The normalized spacial score (nSPS) is 11.3. The van der Waals surface area contributed by atoms with Gasteiger partial charge in [-0.1, -0.05) is 67.9 Å². The lowest BCUT2D eigenvalue weighted by Crippen LogP contribution is -2.32. The van der Waals surface area contributed by atoms with Gasteiger partial charge in [0, 0.05) is 11.9 Å². The first-order chi connectivity index (χ1) is 14.3. The highest BCUT2D eigenvalue weighted by Gasteiger charge is 2.45. The molecule has 0 atom stereocenters. The summed E-state index contributed by atoms with van der Waals surface area (Å²) < 4.78 is 0. The third-order valence-electron chi connectivity index (χ3n) is 5.40. The number of hydrogen-bond acceptors (Lipinski definition) is 1. The predicted molar refractivity (Wildman–Crippen MR) is 127 cm³/mol. The highest BCUT2D eigenvalue weighted by molar-refractivity contribution is 7.95. The molecule has 1 aromatic heterocycles. The Morgan fingerprint density at radius 3 is 1.59 bits per heavy atom. The van der Waals surface area contributed by atoms with Gasteiger partial charge in [0.25, 0.3) is 0 Å². The minimum Gasteiger partial charge on any atom is -0.261 e. The molecule has 29 heavy (non-hydrogen) atoms. The summed E-state index contributed by atoms with van der Waals surface area (Å²) in [5.74, 6) is 0. The Morgan fingerprint density at radius 2 is 1.14 bits per heavy atom. The van der Waals surface area contributed by atoms with Crippen LogP contribution >= 0.6 is 7.26 Å². The molecule has 3 aromatic carbocycles. The van der Waals surface area contributed by atoms with Gasteiger partial charge in [-0.15, -0.1) is 0 Å². The Balaban J connectivity index is 1.94. The monoisotopic (exact) mass is 396 g/mol. The molecule has 2 heteroatoms. The van der Waals surface area contributed by atoms with Crippen molar-refractivity contribution in [1.82, 2.24) is 4.98 Å². The van der Waals surface area contributed by atoms with Gasteiger partial charge in [0.2, 0.25) is 0 Å². The van der Waals surface area contributed by atoms with Crippen molar-refractivity contribution in [2.75, 3.05) is 0 Å². The lowest BCUT2D eigenvalue weighted by Gasteiger charge is -2.28. The molecule has 1 nitrogen and oxygen atoms in total. The Kier molecular flexibility index (Phi) is 6.17. The zero-order chi connectivity index (χ0) is 19.9. The molecule has 0 radical (unpaired) electrons. The third kappa shape index (κ3) is 4.16. The van der Waals surface area contributed by atoms with Crippen molar-refractivity contribution in [3.63, 3.8) is 0 Å². The van der Waals surface area contributed by atoms with E-state index in [2.05, 4.69) is 115 Å². The molecule has 144 valence electrons. The Hall–Kier alpha value is -2.76. The van der Waals surface area contributed by atoms with E-state index < -0.39 is 7.26 Å². The topological polar surface area (TPSA) is 12.9 Å². The summed E-state index contributed by atoms with van der Waals surface area (Å²) >= 11 is 0. The molecular weight excluding hydrogens is 369 g/mol. The van der Waals surface area contributed by atoms with Crippen LogP contribution < -0.4 is 15.9 Å².